The monoisotopic (exact) mass is 331 g/mol. The van der Waals surface area contributed by atoms with Crippen LogP contribution in [-0.4, -0.2) is 48.7 Å². The van der Waals surface area contributed by atoms with Crippen molar-refractivity contribution in [3.05, 3.63) is 23.8 Å². The average molecular weight is 331 g/mol. The van der Waals surface area contributed by atoms with Crippen LogP contribution in [0.3, 0.4) is 0 Å². The first-order chi connectivity index (χ1) is 10.4. The molecule has 0 bridgehead atoms. The van der Waals surface area contributed by atoms with Gasteiger partial charge < -0.3 is 14.8 Å². The van der Waals surface area contributed by atoms with Gasteiger partial charge in [-0.05, 0) is 30.2 Å². The molecule has 22 heavy (non-hydrogen) atoms. The Hall–Kier alpha value is -1.84. The Bertz CT molecular complexity index is 604. The van der Waals surface area contributed by atoms with Crippen LogP contribution in [0.4, 0.5) is 0 Å². The minimum absolute atomic E-state index is 0.321. The number of hydrogen-bond donors (Lipinski definition) is 3. The Morgan fingerprint density at radius 1 is 1.23 bits per heavy atom. The van der Waals surface area contributed by atoms with E-state index in [-0.39, 0.29) is 6.54 Å². The summed E-state index contributed by atoms with van der Waals surface area (Å²) in [5.74, 6) is 0.982. The Morgan fingerprint density at radius 3 is 2.55 bits per heavy atom. The molecule has 1 aromatic rings. The summed E-state index contributed by atoms with van der Waals surface area (Å²) >= 11 is 0. The molecule has 3 N–H and O–H groups in total. The van der Waals surface area contributed by atoms with Gasteiger partial charge in [-0.3, -0.25) is 4.79 Å². The van der Waals surface area contributed by atoms with Gasteiger partial charge in [0.05, 0.1) is 20.8 Å². The molecule has 1 amide bonds. The molecule has 0 saturated carbocycles. The third-order valence-corrected chi connectivity index (χ3v) is 3.96. The standard InChI is InChI=1S/C13H21N3O5S/c1-14-22(18,19)16-9-13(17)15-7-6-10-8-11(20-2)4-5-12(10)21-3/h4-5,8,14,16H,6-7,9H2,1-3H3,(H,15,17). The van der Waals surface area contributed by atoms with Gasteiger partial charge in [-0.2, -0.15) is 13.1 Å². The molecule has 0 aliphatic rings. The quantitative estimate of drug-likeness (QED) is 0.561. The van der Waals surface area contributed by atoms with E-state index in [2.05, 4.69) is 14.8 Å². The third kappa shape index (κ3) is 5.88. The number of benzene rings is 1. The van der Waals surface area contributed by atoms with Crippen LogP contribution in [0.1, 0.15) is 5.56 Å². The molecule has 0 fully saturated rings. The summed E-state index contributed by atoms with van der Waals surface area (Å²) in [5, 5.41) is 2.63. The summed E-state index contributed by atoms with van der Waals surface area (Å²) in [5.41, 5.74) is 0.887. The summed E-state index contributed by atoms with van der Waals surface area (Å²) in [6.07, 6.45) is 0.533. The number of rotatable bonds is 9. The van der Waals surface area contributed by atoms with Crippen LogP contribution < -0.4 is 24.2 Å². The topological polar surface area (TPSA) is 106 Å². The molecular weight excluding hydrogens is 310 g/mol. The number of carbonyl (C=O) groups is 1. The van der Waals surface area contributed by atoms with Crippen LogP contribution >= 0.6 is 0 Å². The zero-order valence-electron chi connectivity index (χ0n) is 12.8. The smallest absolute Gasteiger partial charge is 0.277 e. The van der Waals surface area contributed by atoms with E-state index in [1.807, 2.05) is 6.07 Å². The largest absolute Gasteiger partial charge is 0.497 e. The van der Waals surface area contributed by atoms with Gasteiger partial charge in [0.1, 0.15) is 11.5 Å². The second kappa shape index (κ2) is 8.57. The normalized spacial score (nSPS) is 11.0. The Morgan fingerprint density at radius 2 is 1.95 bits per heavy atom. The summed E-state index contributed by atoms with van der Waals surface area (Å²) in [6, 6.07) is 5.40. The van der Waals surface area contributed by atoms with Crippen molar-refractivity contribution < 1.29 is 22.7 Å². The molecule has 1 rings (SSSR count). The van der Waals surface area contributed by atoms with Crippen molar-refractivity contribution in [1.29, 1.82) is 0 Å². The van der Waals surface area contributed by atoms with E-state index in [9.17, 15) is 13.2 Å². The van der Waals surface area contributed by atoms with E-state index in [4.69, 9.17) is 9.47 Å². The maximum atomic E-state index is 11.6. The number of ether oxygens (including phenoxy) is 2. The lowest BCUT2D eigenvalue weighted by Gasteiger charge is -2.11. The first kappa shape index (κ1) is 18.2. The van der Waals surface area contributed by atoms with Gasteiger partial charge in [0.2, 0.25) is 5.91 Å². The third-order valence-electron chi connectivity index (χ3n) is 2.90. The number of hydrogen-bond acceptors (Lipinski definition) is 5. The second-order valence-electron chi connectivity index (χ2n) is 4.31. The Kier molecular flexibility index (Phi) is 7.09. The van der Waals surface area contributed by atoms with E-state index in [1.54, 1.807) is 26.4 Å². The Labute approximate surface area is 130 Å². The summed E-state index contributed by atoms with van der Waals surface area (Å²) in [6.45, 7) is 0.0298. The fourth-order valence-corrected chi connectivity index (χ4v) is 2.17. The van der Waals surface area contributed by atoms with Gasteiger partial charge in [0, 0.05) is 13.6 Å². The van der Waals surface area contributed by atoms with Crippen molar-refractivity contribution in [3.8, 4) is 11.5 Å². The predicted molar refractivity (Wildman–Crippen MR) is 82.2 cm³/mol. The molecule has 0 spiro atoms. The lowest BCUT2D eigenvalue weighted by Crippen LogP contribution is -2.41. The highest BCUT2D eigenvalue weighted by molar-refractivity contribution is 7.87. The molecule has 9 heteroatoms. The van der Waals surface area contributed by atoms with Gasteiger partial charge in [0.15, 0.2) is 0 Å². The first-order valence-electron chi connectivity index (χ1n) is 6.57. The fraction of sp³-hybridized carbons (Fsp3) is 0.462. The summed E-state index contributed by atoms with van der Waals surface area (Å²) in [7, 11) is 0.787. The second-order valence-corrected chi connectivity index (χ2v) is 6.01. The van der Waals surface area contributed by atoms with E-state index in [1.165, 1.54) is 7.05 Å². The van der Waals surface area contributed by atoms with E-state index >= 15 is 0 Å². The van der Waals surface area contributed by atoms with Crippen molar-refractivity contribution in [3.63, 3.8) is 0 Å². The maximum Gasteiger partial charge on any atom is 0.277 e. The highest BCUT2D eigenvalue weighted by Crippen LogP contribution is 2.23. The summed E-state index contributed by atoms with van der Waals surface area (Å²) < 4.78 is 36.8. The van der Waals surface area contributed by atoms with Gasteiger partial charge in [-0.1, -0.05) is 0 Å². The zero-order valence-corrected chi connectivity index (χ0v) is 13.6. The molecule has 0 heterocycles. The van der Waals surface area contributed by atoms with E-state index < -0.39 is 16.1 Å². The van der Waals surface area contributed by atoms with Crippen molar-refractivity contribution in [2.45, 2.75) is 6.42 Å². The van der Waals surface area contributed by atoms with Crippen LogP contribution in [0.25, 0.3) is 0 Å². The molecule has 0 aliphatic carbocycles. The van der Waals surface area contributed by atoms with Crippen LogP contribution in [0.15, 0.2) is 18.2 Å². The van der Waals surface area contributed by atoms with Crippen LogP contribution in [0.2, 0.25) is 0 Å². The van der Waals surface area contributed by atoms with Gasteiger partial charge in [-0.15, -0.1) is 0 Å². The van der Waals surface area contributed by atoms with Crippen LogP contribution in [0.5, 0.6) is 11.5 Å². The average Bonchev–Trinajstić information content (AvgIpc) is 2.53. The number of nitrogens with one attached hydrogen (secondary N) is 3. The van der Waals surface area contributed by atoms with E-state index in [0.29, 0.717) is 24.5 Å². The highest BCUT2D eigenvalue weighted by atomic mass is 32.2. The van der Waals surface area contributed by atoms with Crippen molar-refractivity contribution in [2.75, 3.05) is 34.4 Å². The molecule has 124 valence electrons. The van der Waals surface area contributed by atoms with Crippen molar-refractivity contribution in [2.24, 2.45) is 0 Å². The molecule has 8 nitrogen and oxygen atoms in total. The molecule has 0 saturated heterocycles. The Balaban J connectivity index is 2.48. The van der Waals surface area contributed by atoms with Crippen molar-refractivity contribution in [1.82, 2.24) is 14.8 Å². The first-order valence-corrected chi connectivity index (χ1v) is 8.06. The molecule has 0 atom stereocenters. The lowest BCUT2D eigenvalue weighted by atomic mass is 10.1. The molecule has 0 unspecified atom stereocenters. The van der Waals surface area contributed by atoms with Crippen LogP contribution in [0, 0.1) is 0 Å². The van der Waals surface area contributed by atoms with Crippen molar-refractivity contribution >= 4 is 16.1 Å². The number of amides is 1. The number of methoxy groups -OCH3 is 2. The molecule has 0 aromatic heterocycles. The molecule has 0 radical (unpaired) electrons. The summed E-state index contributed by atoms with van der Waals surface area (Å²) in [4.78, 5) is 11.6. The lowest BCUT2D eigenvalue weighted by molar-refractivity contribution is -0.119. The molecule has 1 aromatic carbocycles. The minimum atomic E-state index is -3.61. The fourth-order valence-electron chi connectivity index (χ4n) is 1.71. The van der Waals surface area contributed by atoms with Gasteiger partial charge in [0.25, 0.3) is 10.2 Å². The molecular formula is C13H21N3O5S. The predicted octanol–water partition coefficient (Wildman–Crippen LogP) is -0.584. The molecule has 0 aliphatic heterocycles. The van der Waals surface area contributed by atoms with Crippen LogP contribution in [-0.2, 0) is 21.4 Å². The van der Waals surface area contributed by atoms with E-state index in [0.717, 1.165) is 5.56 Å². The highest BCUT2D eigenvalue weighted by Gasteiger charge is 2.10. The minimum Gasteiger partial charge on any atom is -0.497 e. The maximum absolute atomic E-state index is 11.6. The van der Waals surface area contributed by atoms with Gasteiger partial charge in [-0.25, -0.2) is 4.72 Å². The zero-order chi connectivity index (χ0) is 16.6. The number of carbonyl (C=O) groups excluding carboxylic acids is 1. The van der Waals surface area contributed by atoms with Gasteiger partial charge >= 0.3 is 0 Å². The SMILES string of the molecule is CNS(=O)(=O)NCC(=O)NCCc1cc(OC)ccc1OC.